The molecule has 0 bridgehead atoms. The van der Waals surface area contributed by atoms with Crippen molar-refractivity contribution in [3.05, 3.63) is 24.4 Å². The Labute approximate surface area is 125 Å². The second-order valence-electron chi connectivity index (χ2n) is 5.18. The van der Waals surface area contributed by atoms with Crippen molar-refractivity contribution in [3.63, 3.8) is 0 Å². The third-order valence-corrected chi connectivity index (χ3v) is 4.58. The van der Waals surface area contributed by atoms with E-state index in [2.05, 4.69) is 37.9 Å². The predicted octanol–water partition coefficient (Wildman–Crippen LogP) is 2.98. The van der Waals surface area contributed by atoms with Crippen LogP contribution in [-0.2, 0) is 0 Å². The molecule has 2 aliphatic rings. The van der Waals surface area contributed by atoms with Crippen molar-refractivity contribution in [2.45, 2.75) is 11.2 Å². The monoisotopic (exact) mass is 334 g/mol. The van der Waals surface area contributed by atoms with Gasteiger partial charge in [0.2, 0.25) is 0 Å². The molecule has 0 aliphatic carbocycles. The third-order valence-electron chi connectivity index (χ3n) is 3.84. The maximum atomic E-state index is 5.69. The van der Waals surface area contributed by atoms with Crippen molar-refractivity contribution in [2.24, 2.45) is 0 Å². The molecule has 1 fully saturated rings. The number of aromatic nitrogens is 1. The smallest absolute Gasteiger partial charge is 0.162 e. The fraction of sp³-hybridized carbons (Fsp3) is 0.400. The van der Waals surface area contributed by atoms with E-state index in [0.717, 1.165) is 47.6 Å². The molecule has 3 heterocycles. The molecule has 1 aromatic heterocycles. The number of hydrogen-bond donors (Lipinski definition) is 0. The first-order valence-electron chi connectivity index (χ1n) is 6.88. The molecule has 104 valence electrons. The van der Waals surface area contributed by atoms with Gasteiger partial charge in [-0.1, -0.05) is 15.9 Å². The molecule has 0 radical (unpaired) electrons. The van der Waals surface area contributed by atoms with E-state index in [1.807, 2.05) is 12.3 Å². The Bertz CT molecular complexity index is 662. The van der Waals surface area contributed by atoms with Crippen LogP contribution in [0.25, 0.3) is 10.8 Å². The summed E-state index contributed by atoms with van der Waals surface area (Å²) in [7, 11) is 0. The number of ether oxygens (including phenoxy) is 2. The number of benzene rings is 1. The van der Waals surface area contributed by atoms with Crippen molar-refractivity contribution >= 4 is 32.5 Å². The number of anilines is 1. The van der Waals surface area contributed by atoms with Gasteiger partial charge in [-0.2, -0.15) is 0 Å². The molecule has 4 nitrogen and oxygen atoms in total. The Morgan fingerprint density at radius 1 is 1.20 bits per heavy atom. The number of hydrogen-bond acceptors (Lipinski definition) is 4. The molecule has 2 aliphatic heterocycles. The minimum Gasteiger partial charge on any atom is -0.486 e. The standard InChI is InChI=1S/C15H15BrN2O2/c16-11-2-4-18(9-11)15-12-8-14-13(19-5-6-20-14)7-10(12)1-3-17-15/h1,3,7-8,11H,2,4-6,9H2. The quantitative estimate of drug-likeness (QED) is 0.751. The van der Waals surface area contributed by atoms with Crippen LogP contribution in [-0.4, -0.2) is 36.1 Å². The summed E-state index contributed by atoms with van der Waals surface area (Å²) in [6.45, 7) is 3.27. The molecule has 5 heteroatoms. The zero-order chi connectivity index (χ0) is 13.5. The summed E-state index contributed by atoms with van der Waals surface area (Å²) in [5.74, 6) is 2.70. The summed E-state index contributed by atoms with van der Waals surface area (Å²) in [4.78, 5) is 7.46. The normalized spacial score (nSPS) is 21.4. The molecule has 2 aromatic rings. The maximum Gasteiger partial charge on any atom is 0.162 e. The molecular weight excluding hydrogens is 320 g/mol. The van der Waals surface area contributed by atoms with Gasteiger partial charge in [0.05, 0.1) is 0 Å². The summed E-state index contributed by atoms with van der Waals surface area (Å²) < 4.78 is 11.3. The fourth-order valence-electron chi connectivity index (χ4n) is 2.86. The Morgan fingerprint density at radius 3 is 2.75 bits per heavy atom. The Morgan fingerprint density at radius 2 is 2.00 bits per heavy atom. The second-order valence-corrected chi connectivity index (χ2v) is 6.48. The molecule has 1 saturated heterocycles. The highest BCUT2D eigenvalue weighted by atomic mass is 79.9. The number of rotatable bonds is 1. The number of nitrogens with zero attached hydrogens (tertiary/aromatic N) is 2. The first-order valence-corrected chi connectivity index (χ1v) is 7.80. The predicted molar refractivity (Wildman–Crippen MR) is 82.3 cm³/mol. The van der Waals surface area contributed by atoms with E-state index in [4.69, 9.17) is 9.47 Å². The third kappa shape index (κ3) is 2.00. The van der Waals surface area contributed by atoms with E-state index in [1.165, 1.54) is 0 Å². The van der Waals surface area contributed by atoms with Crippen molar-refractivity contribution in [1.29, 1.82) is 0 Å². The number of pyridine rings is 1. The Balaban J connectivity index is 1.84. The van der Waals surface area contributed by atoms with Gasteiger partial charge in [0.1, 0.15) is 19.0 Å². The second kappa shape index (κ2) is 4.81. The fourth-order valence-corrected chi connectivity index (χ4v) is 3.41. The first-order chi connectivity index (χ1) is 9.81. The average Bonchev–Trinajstić information content (AvgIpc) is 2.91. The number of halogens is 1. The van der Waals surface area contributed by atoms with Crippen LogP contribution in [0.5, 0.6) is 11.5 Å². The van der Waals surface area contributed by atoms with Gasteiger partial charge in [-0.15, -0.1) is 0 Å². The highest BCUT2D eigenvalue weighted by Crippen LogP contribution is 2.38. The summed E-state index contributed by atoms with van der Waals surface area (Å²) in [6, 6.07) is 6.14. The van der Waals surface area contributed by atoms with Crippen molar-refractivity contribution in [1.82, 2.24) is 4.98 Å². The molecular formula is C15H15BrN2O2. The molecule has 0 saturated carbocycles. The molecule has 4 rings (SSSR count). The van der Waals surface area contributed by atoms with Crippen LogP contribution >= 0.6 is 15.9 Å². The number of alkyl halides is 1. The van der Waals surface area contributed by atoms with Gasteiger partial charge in [0, 0.05) is 29.5 Å². The zero-order valence-electron chi connectivity index (χ0n) is 11.0. The lowest BCUT2D eigenvalue weighted by Gasteiger charge is -2.22. The van der Waals surface area contributed by atoms with E-state index in [1.54, 1.807) is 0 Å². The van der Waals surface area contributed by atoms with E-state index in [0.29, 0.717) is 18.0 Å². The SMILES string of the molecule is BrC1CCN(c2nccc3cc4c(cc23)OCCO4)C1. The van der Waals surface area contributed by atoms with E-state index in [-0.39, 0.29) is 0 Å². The molecule has 20 heavy (non-hydrogen) atoms. The highest BCUT2D eigenvalue weighted by molar-refractivity contribution is 9.09. The van der Waals surface area contributed by atoms with E-state index >= 15 is 0 Å². The summed E-state index contributed by atoms with van der Waals surface area (Å²) in [6.07, 6.45) is 3.03. The molecule has 1 aromatic carbocycles. The van der Waals surface area contributed by atoms with Crippen LogP contribution in [0.1, 0.15) is 6.42 Å². The van der Waals surface area contributed by atoms with Crippen molar-refractivity contribution in [3.8, 4) is 11.5 Å². The average molecular weight is 335 g/mol. The van der Waals surface area contributed by atoms with E-state index in [9.17, 15) is 0 Å². The van der Waals surface area contributed by atoms with Crippen LogP contribution in [0.3, 0.4) is 0 Å². The van der Waals surface area contributed by atoms with Gasteiger partial charge in [0.15, 0.2) is 11.5 Å². The van der Waals surface area contributed by atoms with Crippen LogP contribution in [0.2, 0.25) is 0 Å². The highest BCUT2D eigenvalue weighted by Gasteiger charge is 2.23. The van der Waals surface area contributed by atoms with Gasteiger partial charge in [-0.25, -0.2) is 4.98 Å². The van der Waals surface area contributed by atoms with Gasteiger partial charge in [-0.05, 0) is 30.0 Å². The van der Waals surface area contributed by atoms with E-state index < -0.39 is 0 Å². The molecule has 0 N–H and O–H groups in total. The molecule has 0 amide bonds. The van der Waals surface area contributed by atoms with Crippen molar-refractivity contribution in [2.75, 3.05) is 31.2 Å². The van der Waals surface area contributed by atoms with Crippen LogP contribution in [0.15, 0.2) is 24.4 Å². The Hall–Kier alpha value is -1.49. The number of fused-ring (bicyclic) bond motifs is 2. The lowest BCUT2D eigenvalue weighted by molar-refractivity contribution is 0.172. The Kier molecular flexibility index (Phi) is 2.95. The van der Waals surface area contributed by atoms with Crippen LogP contribution < -0.4 is 14.4 Å². The first kappa shape index (κ1) is 12.3. The zero-order valence-corrected chi connectivity index (χ0v) is 12.6. The van der Waals surface area contributed by atoms with Gasteiger partial charge < -0.3 is 14.4 Å². The van der Waals surface area contributed by atoms with Gasteiger partial charge in [-0.3, -0.25) is 0 Å². The molecule has 1 atom stereocenters. The minimum absolute atomic E-state index is 0.553. The lowest BCUT2D eigenvalue weighted by Crippen LogP contribution is -2.21. The topological polar surface area (TPSA) is 34.6 Å². The molecule has 1 unspecified atom stereocenters. The minimum atomic E-state index is 0.553. The van der Waals surface area contributed by atoms with Crippen molar-refractivity contribution < 1.29 is 9.47 Å². The van der Waals surface area contributed by atoms with Crippen LogP contribution in [0.4, 0.5) is 5.82 Å². The molecule has 0 spiro atoms. The largest absolute Gasteiger partial charge is 0.486 e. The summed E-state index contributed by atoms with van der Waals surface area (Å²) >= 11 is 3.69. The summed E-state index contributed by atoms with van der Waals surface area (Å²) in [5.41, 5.74) is 0. The lowest BCUT2D eigenvalue weighted by atomic mass is 10.1. The van der Waals surface area contributed by atoms with Gasteiger partial charge >= 0.3 is 0 Å². The summed E-state index contributed by atoms with van der Waals surface area (Å²) in [5, 5.41) is 2.29. The van der Waals surface area contributed by atoms with Crippen LogP contribution in [0, 0.1) is 0 Å². The van der Waals surface area contributed by atoms with Gasteiger partial charge in [0.25, 0.3) is 0 Å². The maximum absolute atomic E-state index is 5.69.